The second-order valence-corrected chi connectivity index (χ2v) is 8.06. The van der Waals surface area contributed by atoms with Crippen LogP contribution in [0.25, 0.3) is 0 Å². The molecule has 0 spiro atoms. The Morgan fingerprint density at radius 1 is 0.889 bits per heavy atom. The monoisotopic (exact) mass is 556 g/mol. The summed E-state index contributed by atoms with van der Waals surface area (Å²) in [6.07, 6.45) is 1.38. The predicted octanol–water partition coefficient (Wildman–Crippen LogP) is 4.86. The Labute approximate surface area is 217 Å². The van der Waals surface area contributed by atoms with E-state index >= 15 is 0 Å². The molecular formula is C26H25BrN2O7. The average Bonchev–Trinajstić information content (AvgIpc) is 2.89. The molecule has 1 N–H and O–H groups in total. The molecule has 0 aromatic heterocycles. The van der Waals surface area contributed by atoms with Gasteiger partial charge in [0.15, 0.2) is 11.5 Å². The molecule has 0 atom stereocenters. The molecule has 0 radical (unpaired) electrons. The van der Waals surface area contributed by atoms with E-state index in [0.717, 1.165) is 4.47 Å². The van der Waals surface area contributed by atoms with Crippen molar-refractivity contribution in [3.05, 3.63) is 75.8 Å². The van der Waals surface area contributed by atoms with Gasteiger partial charge in [-0.2, -0.15) is 5.10 Å². The molecule has 0 aliphatic carbocycles. The molecule has 0 heterocycles. The highest BCUT2D eigenvalue weighted by Gasteiger charge is 2.17. The zero-order chi connectivity index (χ0) is 26.1. The summed E-state index contributed by atoms with van der Waals surface area (Å²) in [5.74, 6) is 0.914. The van der Waals surface area contributed by atoms with Gasteiger partial charge in [-0.05, 0) is 61.5 Å². The number of hydrogen-bond donors (Lipinski definition) is 1. The van der Waals surface area contributed by atoms with Crippen LogP contribution in [0.4, 0.5) is 0 Å². The van der Waals surface area contributed by atoms with Gasteiger partial charge in [-0.1, -0.05) is 15.9 Å². The molecule has 3 aromatic carbocycles. The van der Waals surface area contributed by atoms with Gasteiger partial charge < -0.3 is 23.7 Å². The Morgan fingerprint density at radius 2 is 1.56 bits per heavy atom. The SMILES string of the molecule is CCOc1ccc(C(=O)Oc2ccc(Br)cc2/C=N\NC(=O)c2cc(OC)c(OC)c(OC)c2)cc1. The summed E-state index contributed by atoms with van der Waals surface area (Å²) in [5.41, 5.74) is 3.52. The fraction of sp³-hybridized carbons (Fsp3) is 0.192. The molecule has 1 amide bonds. The van der Waals surface area contributed by atoms with Crippen molar-refractivity contribution in [3.8, 4) is 28.7 Å². The molecule has 0 fully saturated rings. The minimum absolute atomic E-state index is 0.248. The van der Waals surface area contributed by atoms with E-state index in [1.807, 2.05) is 6.92 Å². The zero-order valence-corrected chi connectivity index (χ0v) is 21.7. The third-order valence-electron chi connectivity index (χ3n) is 4.87. The number of amides is 1. The number of carbonyl (C=O) groups is 2. The molecule has 0 bridgehead atoms. The van der Waals surface area contributed by atoms with Crippen molar-refractivity contribution in [2.75, 3.05) is 27.9 Å². The number of nitrogens with one attached hydrogen (secondary N) is 1. The molecule has 3 rings (SSSR count). The Bertz CT molecular complexity index is 1230. The van der Waals surface area contributed by atoms with Gasteiger partial charge in [0.05, 0.1) is 39.7 Å². The molecule has 3 aromatic rings. The van der Waals surface area contributed by atoms with Gasteiger partial charge in [-0.25, -0.2) is 10.2 Å². The number of carbonyl (C=O) groups excluding carboxylic acids is 2. The molecule has 0 saturated carbocycles. The molecule has 9 nitrogen and oxygen atoms in total. The van der Waals surface area contributed by atoms with Crippen molar-refractivity contribution in [1.29, 1.82) is 0 Å². The van der Waals surface area contributed by atoms with Gasteiger partial charge in [0.1, 0.15) is 11.5 Å². The number of halogens is 1. The van der Waals surface area contributed by atoms with Gasteiger partial charge in [-0.15, -0.1) is 0 Å². The second-order valence-electron chi connectivity index (χ2n) is 7.14. The first-order chi connectivity index (χ1) is 17.4. The first-order valence-electron chi connectivity index (χ1n) is 10.8. The number of hydrogen-bond acceptors (Lipinski definition) is 8. The van der Waals surface area contributed by atoms with Gasteiger partial charge in [0.25, 0.3) is 5.91 Å². The molecule has 10 heteroatoms. The molecule has 0 aliphatic heterocycles. The normalized spacial score (nSPS) is 10.6. The van der Waals surface area contributed by atoms with E-state index in [1.165, 1.54) is 39.7 Å². The number of hydrazone groups is 1. The minimum Gasteiger partial charge on any atom is -0.494 e. The summed E-state index contributed by atoms with van der Waals surface area (Å²) in [5, 5.41) is 4.02. The summed E-state index contributed by atoms with van der Waals surface area (Å²) >= 11 is 3.39. The number of methoxy groups -OCH3 is 3. The zero-order valence-electron chi connectivity index (χ0n) is 20.2. The van der Waals surface area contributed by atoms with E-state index in [9.17, 15) is 9.59 Å². The maximum absolute atomic E-state index is 12.7. The van der Waals surface area contributed by atoms with Crippen molar-refractivity contribution in [3.63, 3.8) is 0 Å². The number of esters is 1. The summed E-state index contributed by atoms with van der Waals surface area (Å²) in [4.78, 5) is 25.3. The van der Waals surface area contributed by atoms with Crippen LogP contribution >= 0.6 is 15.9 Å². The predicted molar refractivity (Wildman–Crippen MR) is 138 cm³/mol. The van der Waals surface area contributed by atoms with Crippen molar-refractivity contribution >= 4 is 34.0 Å². The highest BCUT2D eigenvalue weighted by molar-refractivity contribution is 9.10. The van der Waals surface area contributed by atoms with Crippen LogP contribution in [0.1, 0.15) is 33.2 Å². The Hall–Kier alpha value is -4.05. The molecule has 0 unspecified atom stereocenters. The first kappa shape index (κ1) is 26.6. The van der Waals surface area contributed by atoms with Crippen LogP contribution in [0, 0.1) is 0 Å². The van der Waals surface area contributed by atoms with Crippen LogP contribution in [-0.4, -0.2) is 46.0 Å². The van der Waals surface area contributed by atoms with Crippen LogP contribution in [0.3, 0.4) is 0 Å². The van der Waals surface area contributed by atoms with Crippen molar-refractivity contribution in [1.82, 2.24) is 5.43 Å². The second kappa shape index (κ2) is 12.6. The van der Waals surface area contributed by atoms with Crippen LogP contribution in [-0.2, 0) is 0 Å². The van der Waals surface area contributed by atoms with E-state index < -0.39 is 11.9 Å². The largest absolute Gasteiger partial charge is 0.494 e. The Morgan fingerprint density at radius 3 is 2.14 bits per heavy atom. The number of nitrogens with zero attached hydrogens (tertiary/aromatic N) is 1. The van der Waals surface area contributed by atoms with Crippen LogP contribution in [0.2, 0.25) is 0 Å². The maximum Gasteiger partial charge on any atom is 0.343 e. The highest BCUT2D eigenvalue weighted by atomic mass is 79.9. The highest BCUT2D eigenvalue weighted by Crippen LogP contribution is 2.38. The summed E-state index contributed by atoms with van der Waals surface area (Å²) < 4.78 is 27.5. The van der Waals surface area contributed by atoms with E-state index in [-0.39, 0.29) is 11.3 Å². The summed E-state index contributed by atoms with van der Waals surface area (Å²) in [6, 6.07) is 14.7. The van der Waals surface area contributed by atoms with Crippen molar-refractivity contribution in [2.45, 2.75) is 6.92 Å². The van der Waals surface area contributed by atoms with Gasteiger partial charge in [0, 0.05) is 15.6 Å². The molecular weight excluding hydrogens is 532 g/mol. The van der Waals surface area contributed by atoms with Crippen LogP contribution in [0.15, 0.2) is 64.2 Å². The molecule has 188 valence electrons. The smallest absolute Gasteiger partial charge is 0.343 e. The van der Waals surface area contributed by atoms with Crippen molar-refractivity contribution < 1.29 is 33.3 Å². The van der Waals surface area contributed by atoms with E-state index in [2.05, 4.69) is 26.5 Å². The quantitative estimate of drug-likeness (QED) is 0.164. The van der Waals surface area contributed by atoms with Gasteiger partial charge in [0.2, 0.25) is 5.75 Å². The summed E-state index contributed by atoms with van der Waals surface area (Å²) in [7, 11) is 4.39. The van der Waals surface area contributed by atoms with Crippen LogP contribution < -0.4 is 29.1 Å². The van der Waals surface area contributed by atoms with E-state index in [0.29, 0.717) is 40.7 Å². The Kier molecular flexibility index (Phi) is 9.29. The topological polar surface area (TPSA) is 105 Å². The van der Waals surface area contributed by atoms with Crippen molar-refractivity contribution in [2.24, 2.45) is 5.10 Å². The van der Waals surface area contributed by atoms with Gasteiger partial charge >= 0.3 is 5.97 Å². The van der Waals surface area contributed by atoms with E-state index in [1.54, 1.807) is 42.5 Å². The lowest BCUT2D eigenvalue weighted by atomic mass is 10.1. The molecule has 0 aliphatic rings. The molecule has 0 saturated heterocycles. The summed E-state index contributed by atoms with van der Waals surface area (Å²) in [6.45, 7) is 2.41. The number of benzene rings is 3. The lowest BCUT2D eigenvalue weighted by Crippen LogP contribution is -2.18. The minimum atomic E-state index is -0.545. The third kappa shape index (κ3) is 6.54. The number of ether oxygens (including phenoxy) is 5. The van der Waals surface area contributed by atoms with E-state index in [4.69, 9.17) is 23.7 Å². The third-order valence-corrected chi connectivity index (χ3v) is 5.37. The lowest BCUT2D eigenvalue weighted by molar-refractivity contribution is 0.0734. The fourth-order valence-electron chi connectivity index (χ4n) is 3.16. The fourth-order valence-corrected chi connectivity index (χ4v) is 3.54. The standard InChI is InChI=1S/C26H25BrN2O7/c1-5-35-20-9-6-16(7-10-20)26(31)36-21-11-8-19(27)12-18(21)15-28-29-25(30)17-13-22(32-2)24(34-4)23(14-17)33-3/h6-15H,5H2,1-4H3,(H,29,30)/b28-15-. The Balaban J connectivity index is 1.76. The lowest BCUT2D eigenvalue weighted by Gasteiger charge is -2.13. The molecule has 36 heavy (non-hydrogen) atoms. The maximum atomic E-state index is 12.7. The number of rotatable bonds is 10. The first-order valence-corrected chi connectivity index (χ1v) is 11.6. The van der Waals surface area contributed by atoms with Crippen LogP contribution in [0.5, 0.6) is 28.7 Å². The van der Waals surface area contributed by atoms with Gasteiger partial charge in [-0.3, -0.25) is 4.79 Å². The average molecular weight is 557 g/mol.